The Bertz CT molecular complexity index is 1160. The molecule has 166 valence electrons. The largest absolute Gasteiger partial charge is 0.546 e. The number of fused-ring (bicyclic) bond motifs is 1. The maximum absolute atomic E-state index is 11.3. The van der Waals surface area contributed by atoms with Crippen LogP contribution >= 0.6 is 0 Å². The summed E-state index contributed by atoms with van der Waals surface area (Å²) in [6.07, 6.45) is 3.69. The molecular weight excluding hydrogens is 422 g/mol. The number of carbonyl (C=O) groups excluding carboxylic acids is 1. The minimum Gasteiger partial charge on any atom is -0.546 e. The molecule has 0 saturated heterocycles. The molecule has 3 aromatic rings. The second-order valence-corrected chi connectivity index (χ2v) is 9.17. The summed E-state index contributed by atoms with van der Waals surface area (Å²) in [6.45, 7) is 4.06. The fourth-order valence-corrected chi connectivity index (χ4v) is 3.42. The van der Waals surface area contributed by atoms with Gasteiger partial charge in [0.05, 0.1) is 18.8 Å². The second-order valence-electron chi connectivity index (χ2n) is 7.59. The Labute approximate surface area is 181 Å². The van der Waals surface area contributed by atoms with Crippen molar-refractivity contribution in [3.63, 3.8) is 0 Å². The van der Waals surface area contributed by atoms with E-state index in [0.717, 1.165) is 30.1 Å². The molecule has 0 N–H and O–H groups in total. The minimum absolute atomic E-state index is 0.284. The maximum Gasteiger partial charge on any atom is 0.306 e. The quantitative estimate of drug-likeness (QED) is 0.348. The maximum atomic E-state index is 11.3. The van der Waals surface area contributed by atoms with Gasteiger partial charge >= 0.3 is 10.1 Å². The van der Waals surface area contributed by atoms with E-state index in [4.69, 9.17) is 13.7 Å². The smallest absolute Gasteiger partial charge is 0.306 e. The summed E-state index contributed by atoms with van der Waals surface area (Å²) >= 11 is 0. The van der Waals surface area contributed by atoms with Crippen LogP contribution in [0.15, 0.2) is 54.7 Å². The lowest BCUT2D eigenvalue weighted by atomic mass is 10.1. The first-order chi connectivity index (χ1) is 14.5. The number of hydrogen-bond donors (Lipinski definition) is 0. The van der Waals surface area contributed by atoms with Gasteiger partial charge in [0.2, 0.25) is 0 Å². The van der Waals surface area contributed by atoms with Gasteiger partial charge in [-0.2, -0.15) is 8.42 Å². The van der Waals surface area contributed by atoms with Crippen molar-refractivity contribution in [2.75, 3.05) is 12.9 Å². The zero-order chi connectivity index (χ0) is 22.6. The summed E-state index contributed by atoms with van der Waals surface area (Å²) in [5.41, 5.74) is -0.447. The van der Waals surface area contributed by atoms with Crippen molar-refractivity contribution >= 4 is 27.0 Å². The van der Waals surface area contributed by atoms with Gasteiger partial charge in [-0.1, -0.05) is 0 Å². The first-order valence-corrected chi connectivity index (χ1v) is 11.5. The highest BCUT2D eigenvalue weighted by Crippen LogP contribution is 2.24. The van der Waals surface area contributed by atoms with E-state index in [1.54, 1.807) is 36.4 Å². The van der Waals surface area contributed by atoms with E-state index in [-0.39, 0.29) is 5.75 Å². The molecule has 8 nitrogen and oxygen atoms in total. The zero-order valence-electron chi connectivity index (χ0n) is 17.5. The van der Waals surface area contributed by atoms with E-state index in [1.807, 2.05) is 18.3 Å². The van der Waals surface area contributed by atoms with E-state index in [2.05, 4.69) is 4.57 Å². The molecule has 0 spiro atoms. The van der Waals surface area contributed by atoms with Gasteiger partial charge in [-0.3, -0.25) is 0 Å². The minimum atomic E-state index is -3.56. The number of carboxylic acid groups (broad SMARTS) is 1. The lowest BCUT2D eigenvalue weighted by molar-refractivity contribution is -0.320. The Hall–Kier alpha value is -3.20. The van der Waals surface area contributed by atoms with Crippen molar-refractivity contribution in [2.45, 2.75) is 32.4 Å². The van der Waals surface area contributed by atoms with Crippen molar-refractivity contribution in [1.82, 2.24) is 4.57 Å². The van der Waals surface area contributed by atoms with Crippen LogP contribution in [0.25, 0.3) is 10.9 Å². The predicted octanol–water partition coefficient (Wildman–Crippen LogP) is 2.36. The first kappa shape index (κ1) is 22.5. The topological polar surface area (TPSA) is 107 Å². The second kappa shape index (κ2) is 8.89. The summed E-state index contributed by atoms with van der Waals surface area (Å²) in [7, 11) is -3.56. The Morgan fingerprint density at radius 1 is 1.03 bits per heavy atom. The van der Waals surface area contributed by atoms with Crippen LogP contribution in [0.4, 0.5) is 0 Å². The van der Waals surface area contributed by atoms with Crippen molar-refractivity contribution in [1.29, 1.82) is 0 Å². The molecule has 9 heteroatoms. The highest BCUT2D eigenvalue weighted by atomic mass is 32.2. The van der Waals surface area contributed by atoms with Crippen molar-refractivity contribution < 1.29 is 32.0 Å². The van der Waals surface area contributed by atoms with E-state index in [1.165, 1.54) is 13.8 Å². The van der Waals surface area contributed by atoms with Gasteiger partial charge in [0.1, 0.15) is 22.8 Å². The molecule has 0 atom stereocenters. The molecule has 0 saturated carbocycles. The molecular formula is C22H24NO7S-. The number of carboxylic acids is 1. The van der Waals surface area contributed by atoms with Gasteiger partial charge in [0, 0.05) is 23.6 Å². The molecule has 0 radical (unpaired) electrons. The number of rotatable bonds is 10. The van der Waals surface area contributed by atoms with E-state index < -0.39 is 21.7 Å². The molecule has 0 aliphatic heterocycles. The van der Waals surface area contributed by atoms with Gasteiger partial charge in [0.25, 0.3) is 0 Å². The van der Waals surface area contributed by atoms with E-state index in [9.17, 15) is 18.3 Å². The molecule has 0 fully saturated rings. The molecule has 1 aromatic heterocycles. The summed E-state index contributed by atoms with van der Waals surface area (Å²) in [5.74, 6) is 0.0640. The Morgan fingerprint density at radius 2 is 1.68 bits per heavy atom. The first-order valence-electron chi connectivity index (χ1n) is 9.65. The normalized spacial score (nSPS) is 12.0. The fraction of sp³-hybridized carbons (Fsp3) is 0.318. The number of nitrogens with zero attached hydrogens (tertiary/aromatic N) is 1. The van der Waals surface area contributed by atoms with Crippen LogP contribution in [0.3, 0.4) is 0 Å². The monoisotopic (exact) mass is 446 g/mol. The lowest BCUT2D eigenvalue weighted by Gasteiger charge is -2.27. The number of aromatic nitrogens is 1. The average Bonchev–Trinajstić information content (AvgIpc) is 3.07. The number of benzene rings is 2. The highest BCUT2D eigenvalue weighted by molar-refractivity contribution is 7.86. The lowest BCUT2D eigenvalue weighted by Crippen LogP contribution is -2.47. The van der Waals surface area contributed by atoms with Gasteiger partial charge in [-0.15, -0.1) is 0 Å². The molecule has 0 amide bonds. The molecule has 0 aliphatic rings. The molecule has 3 rings (SSSR count). The van der Waals surface area contributed by atoms with Crippen LogP contribution in [-0.2, 0) is 21.5 Å². The summed E-state index contributed by atoms with van der Waals surface area (Å²) in [5, 5.41) is 11.9. The average molecular weight is 447 g/mol. The molecule has 31 heavy (non-hydrogen) atoms. The molecule has 1 heterocycles. The number of hydrogen-bond acceptors (Lipinski definition) is 7. The van der Waals surface area contributed by atoms with Crippen LogP contribution in [0.5, 0.6) is 17.2 Å². The van der Waals surface area contributed by atoms with Crippen molar-refractivity contribution in [3.05, 3.63) is 54.7 Å². The fourth-order valence-electron chi connectivity index (χ4n) is 2.96. The van der Waals surface area contributed by atoms with Gasteiger partial charge in [-0.05, 0) is 68.8 Å². The summed E-state index contributed by atoms with van der Waals surface area (Å²) in [6, 6.07) is 13.8. The Kier molecular flexibility index (Phi) is 6.45. The Morgan fingerprint density at radius 3 is 2.32 bits per heavy atom. The van der Waals surface area contributed by atoms with E-state index >= 15 is 0 Å². The predicted molar refractivity (Wildman–Crippen MR) is 114 cm³/mol. The number of aliphatic carboxylic acids is 1. The third kappa shape index (κ3) is 6.14. The van der Waals surface area contributed by atoms with Crippen LogP contribution in [-0.4, -0.2) is 37.4 Å². The van der Waals surface area contributed by atoms with Gasteiger partial charge in [-0.25, -0.2) is 0 Å². The van der Waals surface area contributed by atoms with Crippen molar-refractivity contribution in [2.24, 2.45) is 0 Å². The molecule has 0 bridgehead atoms. The zero-order valence-corrected chi connectivity index (χ0v) is 18.3. The van der Waals surface area contributed by atoms with Crippen molar-refractivity contribution in [3.8, 4) is 17.2 Å². The number of ether oxygens (including phenoxy) is 2. The van der Waals surface area contributed by atoms with Gasteiger partial charge < -0.3 is 28.1 Å². The van der Waals surface area contributed by atoms with Crippen LogP contribution < -0.4 is 18.8 Å². The van der Waals surface area contributed by atoms with E-state index in [0.29, 0.717) is 18.1 Å². The third-order valence-electron chi connectivity index (χ3n) is 4.49. The highest BCUT2D eigenvalue weighted by Gasteiger charge is 2.21. The third-order valence-corrected chi connectivity index (χ3v) is 4.99. The molecule has 2 aromatic carbocycles. The SMILES string of the molecule is CC(C)(Oc1ccc(OCCCn2ccc3cc(OS(C)(=O)=O)ccc32)cc1)C(=O)[O-]. The van der Waals surface area contributed by atoms with Crippen LogP contribution in [0.1, 0.15) is 20.3 Å². The molecule has 0 unspecified atom stereocenters. The van der Waals surface area contributed by atoms with Crippen LogP contribution in [0, 0.1) is 0 Å². The summed E-state index contributed by atoms with van der Waals surface area (Å²) < 4.78 is 40.6. The standard InChI is InChI=1S/C22H25NO7S/c1-22(2,21(24)25)29-18-7-5-17(6-8-18)28-14-4-12-23-13-11-16-15-19(9-10-20(16)23)30-31(3,26)27/h5-11,13,15H,4,12,14H2,1-3H3,(H,24,25)/p-1. The summed E-state index contributed by atoms with van der Waals surface area (Å²) in [4.78, 5) is 11.0. The molecule has 0 aliphatic carbocycles. The Balaban J connectivity index is 1.51. The van der Waals surface area contributed by atoms with Crippen LogP contribution in [0.2, 0.25) is 0 Å². The number of carbonyl (C=O) groups is 1. The van der Waals surface area contributed by atoms with Gasteiger partial charge in [0.15, 0.2) is 0 Å². The number of aryl methyl sites for hydroxylation is 1.